The van der Waals surface area contributed by atoms with Crippen molar-refractivity contribution in [2.75, 3.05) is 18.1 Å². The lowest BCUT2D eigenvalue weighted by Gasteiger charge is -2.16. The molecule has 0 atom stereocenters. The summed E-state index contributed by atoms with van der Waals surface area (Å²) in [5, 5.41) is 0. The fourth-order valence-corrected chi connectivity index (χ4v) is 2.05. The van der Waals surface area contributed by atoms with E-state index in [1.54, 1.807) is 0 Å². The van der Waals surface area contributed by atoms with E-state index in [1.165, 1.54) is 16.8 Å². The maximum atomic E-state index is 4.22. The Labute approximate surface area is 101 Å². The van der Waals surface area contributed by atoms with Gasteiger partial charge in [-0.15, -0.1) is 0 Å². The summed E-state index contributed by atoms with van der Waals surface area (Å²) in [6, 6.07) is 19.1. The van der Waals surface area contributed by atoms with E-state index in [1.807, 2.05) is 12.3 Å². The molecule has 0 aromatic heterocycles. The van der Waals surface area contributed by atoms with Gasteiger partial charge in [-0.05, 0) is 23.3 Å². The van der Waals surface area contributed by atoms with Crippen LogP contribution < -0.4 is 4.90 Å². The van der Waals surface area contributed by atoms with Crippen molar-refractivity contribution in [2.24, 2.45) is 4.99 Å². The van der Waals surface area contributed by atoms with Gasteiger partial charge in [0.05, 0.1) is 6.54 Å². The molecule has 2 nitrogen and oxygen atoms in total. The van der Waals surface area contributed by atoms with E-state index >= 15 is 0 Å². The number of hydrogen-bond donors (Lipinski definition) is 0. The minimum Gasteiger partial charge on any atom is -0.347 e. The Morgan fingerprint density at radius 2 is 1.53 bits per heavy atom. The highest BCUT2D eigenvalue weighted by molar-refractivity contribution is 5.71. The van der Waals surface area contributed by atoms with Crippen molar-refractivity contribution in [2.45, 2.75) is 0 Å². The van der Waals surface area contributed by atoms with Gasteiger partial charge in [-0.2, -0.15) is 0 Å². The van der Waals surface area contributed by atoms with Crippen LogP contribution in [0.5, 0.6) is 0 Å². The second-order valence-corrected chi connectivity index (χ2v) is 4.14. The van der Waals surface area contributed by atoms with Gasteiger partial charge >= 0.3 is 0 Å². The van der Waals surface area contributed by atoms with Gasteiger partial charge in [-0.3, -0.25) is 4.99 Å². The molecule has 17 heavy (non-hydrogen) atoms. The molecule has 0 saturated heterocycles. The lowest BCUT2D eigenvalue weighted by Crippen LogP contribution is -2.19. The lowest BCUT2D eigenvalue weighted by atomic mass is 10.1. The summed E-state index contributed by atoms with van der Waals surface area (Å²) < 4.78 is 0. The van der Waals surface area contributed by atoms with Crippen molar-refractivity contribution >= 4 is 11.9 Å². The molecular weight excluding hydrogens is 208 g/mol. The first-order valence-corrected chi connectivity index (χ1v) is 5.82. The van der Waals surface area contributed by atoms with E-state index in [-0.39, 0.29) is 0 Å². The molecule has 0 N–H and O–H groups in total. The topological polar surface area (TPSA) is 15.6 Å². The molecule has 0 amide bonds. The zero-order valence-corrected chi connectivity index (χ0v) is 9.58. The Kier molecular flexibility index (Phi) is 2.62. The normalized spacial score (nSPS) is 14.2. The quantitative estimate of drug-likeness (QED) is 0.761. The lowest BCUT2D eigenvalue weighted by molar-refractivity contribution is 0.957. The molecule has 0 aliphatic carbocycles. The Morgan fingerprint density at radius 1 is 0.824 bits per heavy atom. The number of rotatable bonds is 2. The summed E-state index contributed by atoms with van der Waals surface area (Å²) in [5.41, 5.74) is 3.76. The zero-order chi connectivity index (χ0) is 11.5. The van der Waals surface area contributed by atoms with Crippen molar-refractivity contribution in [1.29, 1.82) is 0 Å². The van der Waals surface area contributed by atoms with Crippen molar-refractivity contribution in [3.8, 4) is 11.1 Å². The molecule has 0 saturated carbocycles. The zero-order valence-electron chi connectivity index (χ0n) is 9.58. The molecule has 0 spiro atoms. The van der Waals surface area contributed by atoms with Crippen LogP contribution >= 0.6 is 0 Å². The maximum Gasteiger partial charge on any atom is 0.110 e. The summed E-state index contributed by atoms with van der Waals surface area (Å²) >= 11 is 0. The molecule has 0 fully saturated rings. The molecule has 0 radical (unpaired) electrons. The molecule has 1 aliphatic heterocycles. The fourth-order valence-electron chi connectivity index (χ4n) is 2.05. The third-order valence-electron chi connectivity index (χ3n) is 3.02. The third kappa shape index (κ3) is 2.07. The van der Waals surface area contributed by atoms with Gasteiger partial charge in [0.25, 0.3) is 0 Å². The molecule has 3 rings (SSSR count). The Bertz CT molecular complexity index is 506. The first-order chi connectivity index (χ1) is 8.43. The minimum absolute atomic E-state index is 0.782. The molecule has 2 aromatic carbocycles. The highest BCUT2D eigenvalue weighted by atomic mass is 15.2. The summed E-state index contributed by atoms with van der Waals surface area (Å²) in [4.78, 5) is 6.47. The average molecular weight is 222 g/mol. The maximum absolute atomic E-state index is 4.22. The predicted octanol–water partition coefficient (Wildman–Crippen LogP) is 3.20. The standard InChI is InChI=1S/C15H14N2/c1-2-4-13(5-3-1)14-6-8-15(9-7-14)17-11-10-16-12-17/h1-10H,11-12H2. The van der Waals surface area contributed by atoms with Gasteiger partial charge in [0.15, 0.2) is 0 Å². The third-order valence-corrected chi connectivity index (χ3v) is 3.02. The van der Waals surface area contributed by atoms with E-state index in [9.17, 15) is 0 Å². The van der Waals surface area contributed by atoms with Crippen LogP contribution in [0.2, 0.25) is 0 Å². The second kappa shape index (κ2) is 4.42. The molecule has 1 aliphatic rings. The van der Waals surface area contributed by atoms with Gasteiger partial charge < -0.3 is 4.90 Å². The van der Waals surface area contributed by atoms with Crippen LogP contribution in [0.4, 0.5) is 5.69 Å². The number of anilines is 1. The van der Waals surface area contributed by atoms with Gasteiger partial charge in [-0.25, -0.2) is 0 Å². The Hall–Kier alpha value is -2.09. The SMILES string of the molecule is C1=NCN(c2ccc(-c3ccccc3)cc2)C1. The van der Waals surface area contributed by atoms with E-state index in [2.05, 4.69) is 58.4 Å². The number of hydrogen-bond acceptors (Lipinski definition) is 2. The molecule has 0 unspecified atom stereocenters. The van der Waals surface area contributed by atoms with E-state index in [4.69, 9.17) is 0 Å². The average Bonchev–Trinajstić information content (AvgIpc) is 2.94. The van der Waals surface area contributed by atoms with Crippen LogP contribution in [0.3, 0.4) is 0 Å². The number of aliphatic imine (C=N–C) groups is 1. The van der Waals surface area contributed by atoms with Gasteiger partial charge in [0.1, 0.15) is 6.67 Å². The van der Waals surface area contributed by atoms with Crippen LogP contribution in [0.1, 0.15) is 0 Å². The minimum atomic E-state index is 0.782. The highest BCUT2D eigenvalue weighted by Gasteiger charge is 2.07. The van der Waals surface area contributed by atoms with Gasteiger partial charge in [-0.1, -0.05) is 42.5 Å². The number of nitrogens with zero attached hydrogens (tertiary/aromatic N) is 2. The molecule has 2 aromatic rings. The van der Waals surface area contributed by atoms with E-state index in [0.29, 0.717) is 0 Å². The van der Waals surface area contributed by atoms with Crippen LogP contribution in [-0.2, 0) is 0 Å². The summed E-state index contributed by atoms with van der Waals surface area (Å²) in [7, 11) is 0. The predicted molar refractivity (Wildman–Crippen MR) is 72.6 cm³/mol. The van der Waals surface area contributed by atoms with Crippen LogP contribution in [0, 0.1) is 0 Å². The molecule has 2 heteroatoms. The molecule has 84 valence electrons. The Morgan fingerprint density at radius 3 is 2.18 bits per heavy atom. The van der Waals surface area contributed by atoms with Crippen LogP contribution in [-0.4, -0.2) is 19.4 Å². The fraction of sp³-hybridized carbons (Fsp3) is 0.133. The Balaban J connectivity index is 1.85. The largest absolute Gasteiger partial charge is 0.347 e. The van der Waals surface area contributed by atoms with Crippen LogP contribution in [0.25, 0.3) is 11.1 Å². The smallest absolute Gasteiger partial charge is 0.110 e. The summed E-state index contributed by atoms with van der Waals surface area (Å²) in [6.45, 7) is 1.70. The van der Waals surface area contributed by atoms with Crippen molar-refractivity contribution < 1.29 is 0 Å². The van der Waals surface area contributed by atoms with E-state index < -0.39 is 0 Å². The van der Waals surface area contributed by atoms with Crippen molar-refractivity contribution in [3.05, 3.63) is 54.6 Å². The van der Waals surface area contributed by atoms with Gasteiger partial charge in [0.2, 0.25) is 0 Å². The summed E-state index contributed by atoms with van der Waals surface area (Å²) in [6.07, 6.45) is 1.96. The van der Waals surface area contributed by atoms with Crippen molar-refractivity contribution in [3.63, 3.8) is 0 Å². The molecule has 1 heterocycles. The summed E-state index contributed by atoms with van der Waals surface area (Å²) in [5.74, 6) is 0. The van der Waals surface area contributed by atoms with Crippen LogP contribution in [0.15, 0.2) is 59.6 Å². The highest BCUT2D eigenvalue weighted by Crippen LogP contribution is 2.23. The number of benzene rings is 2. The van der Waals surface area contributed by atoms with Gasteiger partial charge in [0, 0.05) is 11.9 Å². The molecule has 0 bridgehead atoms. The first-order valence-electron chi connectivity index (χ1n) is 5.82. The molecular formula is C15H14N2. The monoisotopic (exact) mass is 222 g/mol. The second-order valence-electron chi connectivity index (χ2n) is 4.14. The first kappa shape index (κ1) is 10.1. The van der Waals surface area contributed by atoms with E-state index in [0.717, 1.165) is 13.2 Å². The van der Waals surface area contributed by atoms with Crippen molar-refractivity contribution in [1.82, 2.24) is 0 Å².